The molecule has 134 valence electrons. The quantitative estimate of drug-likeness (QED) is 0.323. The molecule has 0 saturated heterocycles. The largest absolute Gasteiger partial charge is 0.455 e. The zero-order valence-electron chi connectivity index (χ0n) is 13.0. The molecule has 0 N–H and O–H groups in total. The molecule has 0 bridgehead atoms. The fourth-order valence-corrected chi connectivity index (χ4v) is 4.34. The number of esters is 1. The van der Waals surface area contributed by atoms with E-state index in [1.165, 1.54) is 41.3 Å². The van der Waals surface area contributed by atoms with E-state index in [9.17, 15) is 14.9 Å². The molecule has 0 aliphatic rings. The maximum absolute atomic E-state index is 12.5. The highest BCUT2D eigenvalue weighted by Crippen LogP contribution is 2.35. The summed E-state index contributed by atoms with van der Waals surface area (Å²) in [6.07, 6.45) is 0. The minimum atomic E-state index is -0.714. The van der Waals surface area contributed by atoms with Gasteiger partial charge < -0.3 is 4.74 Å². The molecule has 0 aliphatic heterocycles. The van der Waals surface area contributed by atoms with Crippen molar-refractivity contribution < 1.29 is 14.5 Å². The molecule has 0 aliphatic carbocycles. The fourth-order valence-electron chi connectivity index (χ4n) is 1.85. The van der Waals surface area contributed by atoms with Crippen molar-refractivity contribution in [1.29, 1.82) is 0 Å². The summed E-state index contributed by atoms with van der Waals surface area (Å²) >= 11 is 9.52. The Balaban J connectivity index is 1.86. The topological polar surface area (TPSA) is 108 Å². The first-order valence-corrected chi connectivity index (χ1v) is 9.81. The highest BCUT2D eigenvalue weighted by atomic mass is 35.5. The van der Waals surface area contributed by atoms with E-state index in [0.29, 0.717) is 14.9 Å². The summed E-state index contributed by atoms with van der Waals surface area (Å²) in [7, 11) is 0. The molecule has 26 heavy (non-hydrogen) atoms. The van der Waals surface area contributed by atoms with E-state index in [2.05, 4.69) is 14.6 Å². The van der Waals surface area contributed by atoms with Crippen LogP contribution in [0.25, 0.3) is 0 Å². The molecule has 0 unspecified atom stereocenters. The lowest BCUT2D eigenvalue weighted by Crippen LogP contribution is -2.08. The summed E-state index contributed by atoms with van der Waals surface area (Å²) in [5.74, 6) is -0.714. The van der Waals surface area contributed by atoms with Crippen LogP contribution in [0, 0.1) is 17.0 Å². The Labute approximate surface area is 164 Å². The molecule has 0 atom stereocenters. The smallest absolute Gasteiger partial charge is 0.339 e. The van der Waals surface area contributed by atoms with Crippen LogP contribution in [0.1, 0.15) is 21.7 Å². The highest BCUT2D eigenvalue weighted by molar-refractivity contribution is 8.01. The molecule has 12 heteroatoms. The van der Waals surface area contributed by atoms with E-state index in [0.717, 1.165) is 21.6 Å². The number of ether oxygens (including phenoxy) is 1. The van der Waals surface area contributed by atoms with Gasteiger partial charge in [-0.25, -0.2) is 9.78 Å². The van der Waals surface area contributed by atoms with Crippen LogP contribution in [0.4, 0.5) is 5.69 Å². The molecular formula is C14H9ClN4O4S3. The third-order valence-electron chi connectivity index (χ3n) is 3.04. The minimum absolute atomic E-state index is 0.0800. The molecular weight excluding hydrogens is 420 g/mol. The van der Waals surface area contributed by atoms with Gasteiger partial charge in [-0.2, -0.15) is 0 Å². The van der Waals surface area contributed by atoms with Crippen LogP contribution in [0.3, 0.4) is 0 Å². The monoisotopic (exact) mass is 428 g/mol. The normalized spacial score (nSPS) is 10.7. The number of nitrogens with zero attached hydrogens (tertiary/aromatic N) is 4. The van der Waals surface area contributed by atoms with Gasteiger partial charge in [0, 0.05) is 39.6 Å². The number of aromatic nitrogens is 3. The van der Waals surface area contributed by atoms with Gasteiger partial charge in [0.1, 0.15) is 16.6 Å². The van der Waals surface area contributed by atoms with Crippen molar-refractivity contribution >= 4 is 57.9 Å². The van der Waals surface area contributed by atoms with E-state index < -0.39 is 10.9 Å². The van der Waals surface area contributed by atoms with Crippen LogP contribution in [0.15, 0.2) is 32.8 Å². The van der Waals surface area contributed by atoms with E-state index in [1.54, 1.807) is 0 Å². The van der Waals surface area contributed by atoms with Gasteiger partial charge in [-0.3, -0.25) is 10.1 Å². The van der Waals surface area contributed by atoms with E-state index in [4.69, 9.17) is 16.3 Å². The standard InChI is InChI=1S/C14H9ClN4O4S3/c1-7-6-24-14(16-7)25-11-3-2-8(19(21)22)4-9(11)13(20)23-5-10-12(15)26-18-17-10/h2-4,6H,5H2,1H3. The predicted molar refractivity (Wildman–Crippen MR) is 98.1 cm³/mol. The van der Waals surface area contributed by atoms with Crippen molar-refractivity contribution in [2.75, 3.05) is 0 Å². The lowest BCUT2D eigenvalue weighted by atomic mass is 10.2. The predicted octanol–water partition coefficient (Wildman–Crippen LogP) is 4.37. The van der Waals surface area contributed by atoms with Crippen molar-refractivity contribution in [3.63, 3.8) is 0 Å². The van der Waals surface area contributed by atoms with Gasteiger partial charge in [0.25, 0.3) is 5.69 Å². The second-order valence-corrected chi connectivity index (χ2v) is 8.37. The van der Waals surface area contributed by atoms with Crippen LogP contribution in [-0.4, -0.2) is 25.5 Å². The van der Waals surface area contributed by atoms with Crippen molar-refractivity contribution in [2.45, 2.75) is 22.8 Å². The number of hydrogen-bond acceptors (Lipinski definition) is 10. The molecule has 2 aromatic heterocycles. The molecule has 0 amide bonds. The molecule has 1 aromatic carbocycles. The number of thiazole rings is 1. The molecule has 3 rings (SSSR count). The third kappa shape index (κ3) is 4.36. The Hall–Kier alpha value is -2.08. The summed E-state index contributed by atoms with van der Waals surface area (Å²) in [6.45, 7) is 1.69. The number of carbonyl (C=O) groups excluding carboxylic acids is 1. The van der Waals surface area contributed by atoms with Crippen molar-refractivity contribution in [2.24, 2.45) is 0 Å². The molecule has 0 saturated carbocycles. The molecule has 0 spiro atoms. The lowest BCUT2D eigenvalue weighted by Gasteiger charge is -2.08. The maximum atomic E-state index is 12.5. The SMILES string of the molecule is Cc1csc(Sc2ccc([N+](=O)[O-])cc2C(=O)OCc2nnsc2Cl)n1. The van der Waals surface area contributed by atoms with Crippen molar-refractivity contribution in [1.82, 2.24) is 14.6 Å². The van der Waals surface area contributed by atoms with Crippen LogP contribution in [0.2, 0.25) is 4.34 Å². The molecule has 8 nitrogen and oxygen atoms in total. The zero-order chi connectivity index (χ0) is 18.7. The number of nitro groups is 1. The number of benzene rings is 1. The Kier molecular flexibility index (Phi) is 5.81. The van der Waals surface area contributed by atoms with Gasteiger partial charge in [-0.15, -0.1) is 16.4 Å². The molecule has 2 heterocycles. The first-order chi connectivity index (χ1) is 12.4. The van der Waals surface area contributed by atoms with Crippen molar-refractivity contribution in [3.05, 3.63) is 55.0 Å². The highest BCUT2D eigenvalue weighted by Gasteiger charge is 2.20. The summed E-state index contributed by atoms with van der Waals surface area (Å²) in [5.41, 5.74) is 1.07. The summed E-state index contributed by atoms with van der Waals surface area (Å²) < 4.78 is 9.90. The van der Waals surface area contributed by atoms with Gasteiger partial charge in [0.05, 0.1) is 10.5 Å². The molecule has 0 fully saturated rings. The number of aryl methyl sites for hydroxylation is 1. The van der Waals surface area contributed by atoms with Gasteiger partial charge in [0.2, 0.25) is 0 Å². The Morgan fingerprint density at radius 3 is 2.88 bits per heavy atom. The number of carbonyl (C=O) groups is 1. The summed E-state index contributed by atoms with van der Waals surface area (Å²) in [6, 6.07) is 4.03. The Morgan fingerprint density at radius 1 is 1.46 bits per heavy atom. The van der Waals surface area contributed by atoms with Crippen LogP contribution < -0.4 is 0 Å². The van der Waals surface area contributed by atoms with Gasteiger partial charge >= 0.3 is 5.97 Å². The van der Waals surface area contributed by atoms with Gasteiger partial charge in [-0.1, -0.05) is 27.9 Å². The number of nitro benzene ring substituents is 1. The molecule has 0 radical (unpaired) electrons. The van der Waals surface area contributed by atoms with Crippen LogP contribution in [0.5, 0.6) is 0 Å². The first-order valence-electron chi connectivity index (χ1n) is 6.96. The Bertz CT molecular complexity index is 975. The van der Waals surface area contributed by atoms with Crippen LogP contribution in [-0.2, 0) is 11.3 Å². The Morgan fingerprint density at radius 2 is 2.27 bits per heavy atom. The van der Waals surface area contributed by atoms with E-state index >= 15 is 0 Å². The number of halogens is 1. The number of non-ortho nitro benzene ring substituents is 1. The van der Waals surface area contributed by atoms with E-state index in [-0.39, 0.29) is 17.9 Å². The second kappa shape index (κ2) is 8.08. The van der Waals surface area contributed by atoms with Gasteiger partial charge in [-0.05, 0) is 13.0 Å². The summed E-state index contributed by atoms with van der Waals surface area (Å²) in [5, 5.41) is 16.7. The third-order valence-corrected chi connectivity index (χ3v) is 6.16. The average Bonchev–Trinajstić information content (AvgIpc) is 3.21. The fraction of sp³-hybridized carbons (Fsp3) is 0.143. The first kappa shape index (κ1) is 18.7. The zero-order valence-corrected chi connectivity index (χ0v) is 16.2. The maximum Gasteiger partial charge on any atom is 0.339 e. The van der Waals surface area contributed by atoms with Gasteiger partial charge in [0.15, 0.2) is 4.34 Å². The van der Waals surface area contributed by atoms with Crippen molar-refractivity contribution in [3.8, 4) is 0 Å². The van der Waals surface area contributed by atoms with E-state index in [1.807, 2.05) is 12.3 Å². The minimum Gasteiger partial charge on any atom is -0.455 e. The lowest BCUT2D eigenvalue weighted by molar-refractivity contribution is -0.384. The second-order valence-electron chi connectivity index (χ2n) is 4.86. The number of rotatable bonds is 6. The van der Waals surface area contributed by atoms with Crippen LogP contribution >= 0.6 is 46.2 Å². The molecule has 3 aromatic rings. The average molecular weight is 429 g/mol. The number of hydrogen-bond donors (Lipinski definition) is 0. The summed E-state index contributed by atoms with van der Waals surface area (Å²) in [4.78, 5) is 27.8.